The number of carbonyl (C=O) groups excluding carboxylic acids is 2. The van der Waals surface area contributed by atoms with E-state index in [0.717, 1.165) is 19.5 Å². The minimum absolute atomic E-state index is 0. The highest BCUT2D eigenvalue weighted by Crippen LogP contribution is 2.12. The van der Waals surface area contributed by atoms with E-state index < -0.39 is 6.04 Å². The zero-order valence-corrected chi connectivity index (χ0v) is 15.3. The number of rotatable bonds is 6. The average molecular weight is 334 g/mol. The lowest BCUT2D eigenvalue weighted by Crippen LogP contribution is -2.57. The van der Waals surface area contributed by atoms with E-state index in [2.05, 4.69) is 22.9 Å². The first-order valence-electron chi connectivity index (χ1n) is 8.11. The fourth-order valence-corrected chi connectivity index (χ4v) is 2.59. The molecule has 3 atom stereocenters. The number of piperidine rings is 1. The Morgan fingerprint density at radius 1 is 1.23 bits per heavy atom. The van der Waals surface area contributed by atoms with Crippen LogP contribution in [-0.4, -0.2) is 37.0 Å². The van der Waals surface area contributed by atoms with Gasteiger partial charge in [-0.05, 0) is 30.7 Å². The van der Waals surface area contributed by atoms with Gasteiger partial charge in [-0.3, -0.25) is 9.59 Å². The Bertz CT molecular complexity index is 361. The Hall–Kier alpha value is -0.810. The summed E-state index contributed by atoms with van der Waals surface area (Å²) in [6, 6.07) is -0.306. The maximum absolute atomic E-state index is 12.5. The Balaban J connectivity index is 0.00000441. The molecule has 0 aliphatic carbocycles. The second-order valence-electron chi connectivity index (χ2n) is 6.97. The summed E-state index contributed by atoms with van der Waals surface area (Å²) in [5.74, 6) is 0.724. The van der Waals surface area contributed by atoms with Crippen LogP contribution in [0.4, 0.5) is 0 Å². The Kier molecular flexibility index (Phi) is 9.69. The molecule has 1 heterocycles. The Labute approximate surface area is 140 Å². The van der Waals surface area contributed by atoms with Gasteiger partial charge in [0.1, 0.15) is 6.04 Å². The van der Waals surface area contributed by atoms with Gasteiger partial charge >= 0.3 is 0 Å². The molecule has 3 unspecified atom stereocenters. The highest BCUT2D eigenvalue weighted by molar-refractivity contribution is 5.88. The molecule has 2 amide bonds. The van der Waals surface area contributed by atoms with Crippen LogP contribution in [0.25, 0.3) is 0 Å². The highest BCUT2D eigenvalue weighted by Gasteiger charge is 2.29. The largest absolute Gasteiger partial charge is 0.350 e. The summed E-state index contributed by atoms with van der Waals surface area (Å²) in [6.45, 7) is 11.9. The lowest BCUT2D eigenvalue weighted by atomic mass is 9.93. The second-order valence-corrected chi connectivity index (χ2v) is 6.97. The average Bonchev–Trinajstić information content (AvgIpc) is 2.37. The summed E-state index contributed by atoms with van der Waals surface area (Å²) in [4.78, 5) is 24.4. The highest BCUT2D eigenvalue weighted by atomic mass is 35.5. The molecule has 22 heavy (non-hydrogen) atoms. The van der Waals surface area contributed by atoms with E-state index in [1.165, 1.54) is 0 Å². The third-order valence-electron chi connectivity index (χ3n) is 4.01. The quantitative estimate of drug-likeness (QED) is 0.693. The van der Waals surface area contributed by atoms with Crippen molar-refractivity contribution in [3.63, 3.8) is 0 Å². The van der Waals surface area contributed by atoms with Gasteiger partial charge in [0, 0.05) is 19.0 Å². The van der Waals surface area contributed by atoms with Crippen molar-refractivity contribution in [1.82, 2.24) is 16.0 Å². The molecule has 3 N–H and O–H groups in total. The van der Waals surface area contributed by atoms with Gasteiger partial charge in [-0.1, -0.05) is 34.6 Å². The molecule has 0 aromatic heterocycles. The van der Waals surface area contributed by atoms with Crippen molar-refractivity contribution in [2.75, 3.05) is 13.1 Å². The summed E-state index contributed by atoms with van der Waals surface area (Å²) < 4.78 is 0. The first-order valence-corrected chi connectivity index (χ1v) is 8.11. The van der Waals surface area contributed by atoms with Gasteiger partial charge in [-0.25, -0.2) is 0 Å². The third kappa shape index (κ3) is 6.97. The summed E-state index contributed by atoms with van der Waals surface area (Å²) in [5, 5.41) is 9.28. The first kappa shape index (κ1) is 21.2. The van der Waals surface area contributed by atoms with Crippen LogP contribution in [0.2, 0.25) is 0 Å². The van der Waals surface area contributed by atoms with Crippen molar-refractivity contribution in [1.29, 1.82) is 0 Å². The lowest BCUT2D eigenvalue weighted by molar-refractivity contribution is -0.131. The number of nitrogens with one attached hydrogen (secondary N) is 3. The van der Waals surface area contributed by atoms with E-state index in [4.69, 9.17) is 0 Å². The van der Waals surface area contributed by atoms with Crippen LogP contribution in [0.15, 0.2) is 0 Å². The number of halogens is 1. The SMILES string of the molecule is CC(C)CC(=O)NC(C(=O)NC1CNCCC1C)C(C)C.Cl. The van der Waals surface area contributed by atoms with Crippen molar-refractivity contribution < 1.29 is 9.59 Å². The molecular formula is C16H32ClN3O2. The van der Waals surface area contributed by atoms with Gasteiger partial charge in [0.25, 0.3) is 0 Å². The van der Waals surface area contributed by atoms with Gasteiger partial charge < -0.3 is 16.0 Å². The topological polar surface area (TPSA) is 70.2 Å². The van der Waals surface area contributed by atoms with E-state index in [1.807, 2.05) is 27.7 Å². The minimum atomic E-state index is -0.453. The van der Waals surface area contributed by atoms with Crippen molar-refractivity contribution in [3.05, 3.63) is 0 Å². The molecule has 6 heteroatoms. The van der Waals surface area contributed by atoms with Gasteiger partial charge in [-0.15, -0.1) is 12.4 Å². The molecule has 0 bridgehead atoms. The van der Waals surface area contributed by atoms with Crippen LogP contribution in [0.5, 0.6) is 0 Å². The Morgan fingerprint density at radius 3 is 2.36 bits per heavy atom. The predicted octanol–water partition coefficient (Wildman–Crippen LogP) is 1.71. The molecule has 1 rings (SSSR count). The molecule has 1 aliphatic rings. The van der Waals surface area contributed by atoms with E-state index in [9.17, 15) is 9.59 Å². The molecule has 0 aromatic carbocycles. The second kappa shape index (κ2) is 10.1. The van der Waals surface area contributed by atoms with Crippen molar-refractivity contribution in [3.8, 4) is 0 Å². The molecule has 1 saturated heterocycles. The summed E-state index contributed by atoms with van der Waals surface area (Å²) in [6.07, 6.45) is 1.52. The minimum Gasteiger partial charge on any atom is -0.350 e. The fraction of sp³-hybridized carbons (Fsp3) is 0.875. The van der Waals surface area contributed by atoms with Crippen molar-refractivity contribution in [2.45, 2.75) is 59.5 Å². The standard InChI is InChI=1S/C16H31N3O2.ClH/c1-10(2)8-14(20)19-15(11(3)4)16(21)18-13-9-17-7-6-12(13)5;/h10-13,15,17H,6-9H2,1-5H3,(H,18,21)(H,19,20);1H. The van der Waals surface area contributed by atoms with E-state index in [0.29, 0.717) is 18.3 Å². The van der Waals surface area contributed by atoms with Crippen LogP contribution in [0.1, 0.15) is 47.5 Å². The van der Waals surface area contributed by atoms with E-state index in [-0.39, 0.29) is 36.2 Å². The predicted molar refractivity (Wildman–Crippen MR) is 92.1 cm³/mol. The molecule has 0 radical (unpaired) electrons. The third-order valence-corrected chi connectivity index (χ3v) is 4.01. The maximum Gasteiger partial charge on any atom is 0.243 e. The van der Waals surface area contributed by atoms with Gasteiger partial charge in [0.05, 0.1) is 0 Å². The lowest BCUT2D eigenvalue weighted by Gasteiger charge is -2.32. The van der Waals surface area contributed by atoms with E-state index in [1.54, 1.807) is 0 Å². The van der Waals surface area contributed by atoms with Crippen LogP contribution < -0.4 is 16.0 Å². The molecule has 0 saturated carbocycles. The monoisotopic (exact) mass is 333 g/mol. The number of amides is 2. The smallest absolute Gasteiger partial charge is 0.243 e. The van der Waals surface area contributed by atoms with Crippen molar-refractivity contribution >= 4 is 24.2 Å². The van der Waals surface area contributed by atoms with Crippen molar-refractivity contribution in [2.24, 2.45) is 17.8 Å². The van der Waals surface area contributed by atoms with Crippen LogP contribution in [0, 0.1) is 17.8 Å². The normalized spacial score (nSPS) is 22.9. The fourth-order valence-electron chi connectivity index (χ4n) is 2.59. The summed E-state index contributed by atoms with van der Waals surface area (Å²) >= 11 is 0. The maximum atomic E-state index is 12.5. The molecule has 0 spiro atoms. The zero-order valence-electron chi connectivity index (χ0n) is 14.4. The summed E-state index contributed by atoms with van der Waals surface area (Å²) in [7, 11) is 0. The molecule has 1 fully saturated rings. The van der Waals surface area contributed by atoms with Crippen LogP contribution in [0.3, 0.4) is 0 Å². The molecule has 0 aromatic rings. The molecule has 5 nitrogen and oxygen atoms in total. The van der Waals surface area contributed by atoms with Gasteiger partial charge in [0.2, 0.25) is 11.8 Å². The van der Waals surface area contributed by atoms with Crippen LogP contribution >= 0.6 is 12.4 Å². The van der Waals surface area contributed by atoms with Crippen LogP contribution in [-0.2, 0) is 9.59 Å². The number of hydrogen-bond donors (Lipinski definition) is 3. The Morgan fingerprint density at radius 2 is 1.86 bits per heavy atom. The number of carbonyl (C=O) groups is 2. The zero-order chi connectivity index (χ0) is 16.0. The molecular weight excluding hydrogens is 302 g/mol. The number of hydrogen-bond acceptors (Lipinski definition) is 3. The van der Waals surface area contributed by atoms with Gasteiger partial charge in [0.15, 0.2) is 0 Å². The summed E-state index contributed by atoms with van der Waals surface area (Å²) in [5.41, 5.74) is 0. The molecule has 130 valence electrons. The van der Waals surface area contributed by atoms with Gasteiger partial charge in [-0.2, -0.15) is 0 Å². The first-order chi connectivity index (χ1) is 9.81. The molecule has 1 aliphatic heterocycles. The van der Waals surface area contributed by atoms with E-state index >= 15 is 0 Å².